The zero-order valence-electron chi connectivity index (χ0n) is 7.48. The average molecular weight is 196 g/mol. The van der Waals surface area contributed by atoms with Crippen molar-refractivity contribution in [3.8, 4) is 0 Å². The Kier molecular flexibility index (Phi) is 13.0. The van der Waals surface area contributed by atoms with Gasteiger partial charge in [-0.15, -0.1) is 0 Å². The minimum Gasteiger partial charge on any atom is -0.490 e. The van der Waals surface area contributed by atoms with Crippen molar-refractivity contribution < 1.29 is 23.8 Å². The minimum absolute atomic E-state index is 0.502. The van der Waals surface area contributed by atoms with Crippen molar-refractivity contribution in [3.63, 3.8) is 0 Å². The SMILES string of the molecule is BC(=O)O.CCOP(O)OCC. The lowest BCUT2D eigenvalue weighted by atomic mass is 10.2. The molecule has 5 nitrogen and oxygen atoms in total. The Balaban J connectivity index is 0. The second kappa shape index (κ2) is 10.8. The van der Waals surface area contributed by atoms with Crippen molar-refractivity contribution >= 4 is 22.3 Å². The van der Waals surface area contributed by atoms with Crippen LogP contribution in [-0.2, 0) is 9.05 Å². The van der Waals surface area contributed by atoms with E-state index in [0.29, 0.717) is 13.2 Å². The first-order valence-corrected chi connectivity index (χ1v) is 4.61. The Morgan fingerprint density at radius 1 is 1.42 bits per heavy atom. The largest absolute Gasteiger partial charge is 0.490 e. The molecule has 0 aromatic rings. The summed E-state index contributed by atoms with van der Waals surface area (Å²) in [6, 6.07) is 0. The van der Waals surface area contributed by atoms with E-state index in [1.54, 1.807) is 0 Å². The fourth-order valence-electron chi connectivity index (χ4n) is 0.258. The van der Waals surface area contributed by atoms with Gasteiger partial charge in [-0.25, -0.2) is 0 Å². The van der Waals surface area contributed by atoms with E-state index in [-0.39, 0.29) is 0 Å². The first-order valence-electron chi connectivity index (χ1n) is 3.48. The Labute approximate surface area is 74.1 Å². The van der Waals surface area contributed by atoms with Gasteiger partial charge in [-0.2, -0.15) is 0 Å². The van der Waals surface area contributed by atoms with E-state index in [9.17, 15) is 0 Å². The van der Waals surface area contributed by atoms with Gasteiger partial charge >= 0.3 is 8.60 Å². The summed E-state index contributed by atoms with van der Waals surface area (Å²) in [5.74, 6) is -0.833. The summed E-state index contributed by atoms with van der Waals surface area (Å²) in [6.07, 6.45) is 0. The third-order valence-electron chi connectivity index (χ3n) is 0.479. The summed E-state index contributed by atoms with van der Waals surface area (Å²) in [7, 11) is -0.497. The molecular formula is C5H14BO5P. The molecule has 0 amide bonds. The van der Waals surface area contributed by atoms with Gasteiger partial charge in [0.2, 0.25) is 13.7 Å². The van der Waals surface area contributed by atoms with Crippen LogP contribution in [0.3, 0.4) is 0 Å². The van der Waals surface area contributed by atoms with Crippen LogP contribution in [0.4, 0.5) is 4.79 Å². The lowest BCUT2D eigenvalue weighted by Crippen LogP contribution is -1.87. The maximum Gasteiger partial charge on any atom is 0.329 e. The topological polar surface area (TPSA) is 76.0 Å². The summed E-state index contributed by atoms with van der Waals surface area (Å²) in [5, 5.41) is 7.42. The molecule has 0 spiro atoms. The van der Waals surface area contributed by atoms with E-state index >= 15 is 0 Å². The van der Waals surface area contributed by atoms with Crippen LogP contribution in [0, 0.1) is 0 Å². The maximum absolute atomic E-state index is 9.00. The third-order valence-corrected chi connectivity index (χ3v) is 1.44. The molecule has 0 fully saturated rings. The van der Waals surface area contributed by atoms with Gasteiger partial charge in [-0.05, 0) is 13.8 Å². The Hall–Kier alpha value is -0.155. The molecule has 0 saturated carbocycles. The molecule has 0 saturated heterocycles. The first-order chi connectivity index (χ1) is 5.54. The highest BCUT2D eigenvalue weighted by atomic mass is 31.2. The molecule has 2 N–H and O–H groups in total. The lowest BCUT2D eigenvalue weighted by molar-refractivity contribution is 0.215. The summed E-state index contributed by atoms with van der Waals surface area (Å²) in [6.45, 7) is 4.62. The predicted octanol–water partition coefficient (Wildman–Crippen LogP) is 0.576. The zero-order chi connectivity index (χ0) is 9.98. The summed E-state index contributed by atoms with van der Waals surface area (Å²) in [5.41, 5.74) is 0. The van der Waals surface area contributed by atoms with E-state index in [2.05, 4.69) is 9.05 Å². The number of carboxylic acid groups (broad SMARTS) is 1. The fraction of sp³-hybridized carbons (Fsp3) is 0.800. The molecule has 0 aliphatic rings. The monoisotopic (exact) mass is 196 g/mol. The van der Waals surface area contributed by atoms with Crippen molar-refractivity contribution in [2.45, 2.75) is 13.8 Å². The summed E-state index contributed by atoms with van der Waals surface area (Å²) >= 11 is 0. The van der Waals surface area contributed by atoms with Crippen molar-refractivity contribution in [1.82, 2.24) is 0 Å². The van der Waals surface area contributed by atoms with E-state index in [1.165, 1.54) is 0 Å². The molecule has 0 aliphatic heterocycles. The molecule has 12 heavy (non-hydrogen) atoms. The standard InChI is InChI=1S/C4H11O3P.CH3BO2/c1-3-6-8(5)7-4-2;2-1(3)4/h5H,3-4H2,1-2H3;2H2,(H,3,4). The lowest BCUT2D eigenvalue weighted by Gasteiger charge is -2.05. The maximum atomic E-state index is 9.00. The molecule has 0 atom stereocenters. The molecule has 0 aliphatic carbocycles. The van der Waals surface area contributed by atoms with Crippen molar-refractivity contribution in [2.75, 3.05) is 13.2 Å². The Bertz CT molecular complexity index is 102. The molecule has 0 bridgehead atoms. The van der Waals surface area contributed by atoms with Gasteiger partial charge in [0.1, 0.15) is 0 Å². The zero-order valence-corrected chi connectivity index (χ0v) is 8.38. The van der Waals surface area contributed by atoms with Crippen LogP contribution in [0.25, 0.3) is 0 Å². The molecule has 7 heteroatoms. The van der Waals surface area contributed by atoms with Crippen molar-refractivity contribution in [3.05, 3.63) is 0 Å². The second-order valence-electron chi connectivity index (χ2n) is 1.59. The van der Waals surface area contributed by atoms with Crippen LogP contribution in [0.15, 0.2) is 0 Å². The number of hydrogen-bond acceptors (Lipinski definition) is 4. The van der Waals surface area contributed by atoms with E-state index in [0.717, 1.165) is 7.85 Å². The second-order valence-corrected chi connectivity index (χ2v) is 2.58. The third kappa shape index (κ3) is 22.5. The van der Waals surface area contributed by atoms with Crippen LogP contribution in [-0.4, -0.2) is 36.9 Å². The van der Waals surface area contributed by atoms with Gasteiger partial charge in [0, 0.05) is 0 Å². The van der Waals surface area contributed by atoms with E-state index < -0.39 is 14.5 Å². The number of hydrogen-bond donors (Lipinski definition) is 2. The smallest absolute Gasteiger partial charge is 0.329 e. The molecule has 0 unspecified atom stereocenters. The number of rotatable bonds is 4. The molecule has 0 aromatic carbocycles. The molecule has 0 rings (SSSR count). The normalized spacial score (nSPS) is 9.00. The van der Waals surface area contributed by atoms with E-state index in [1.807, 2.05) is 13.8 Å². The van der Waals surface area contributed by atoms with Crippen LogP contribution >= 0.6 is 8.60 Å². The van der Waals surface area contributed by atoms with Crippen LogP contribution in [0.2, 0.25) is 0 Å². The van der Waals surface area contributed by atoms with Crippen LogP contribution in [0.5, 0.6) is 0 Å². The molecule has 0 radical (unpaired) electrons. The van der Waals surface area contributed by atoms with Crippen LogP contribution in [0.1, 0.15) is 13.8 Å². The average Bonchev–Trinajstić information content (AvgIpc) is 1.87. The highest BCUT2D eigenvalue weighted by Gasteiger charge is 2.00. The Morgan fingerprint density at radius 2 is 1.67 bits per heavy atom. The van der Waals surface area contributed by atoms with Gasteiger partial charge in [-0.3, -0.25) is 4.79 Å². The molecule has 0 aromatic heterocycles. The van der Waals surface area contributed by atoms with Gasteiger partial charge in [-0.1, -0.05) is 0 Å². The summed E-state index contributed by atoms with van der Waals surface area (Å²) < 4.78 is 9.36. The van der Waals surface area contributed by atoms with Crippen LogP contribution < -0.4 is 0 Å². The van der Waals surface area contributed by atoms with E-state index in [4.69, 9.17) is 14.8 Å². The predicted molar refractivity (Wildman–Crippen MR) is 49.0 cm³/mol. The fourth-order valence-corrected chi connectivity index (χ4v) is 0.774. The van der Waals surface area contributed by atoms with Gasteiger partial charge in [0.15, 0.2) is 0 Å². The minimum atomic E-state index is -1.58. The first kappa shape index (κ1) is 14.4. The quantitative estimate of drug-likeness (QED) is 0.507. The highest BCUT2D eigenvalue weighted by Crippen LogP contribution is 2.31. The van der Waals surface area contributed by atoms with Gasteiger partial charge in [0.25, 0.3) is 0 Å². The highest BCUT2D eigenvalue weighted by molar-refractivity contribution is 7.40. The van der Waals surface area contributed by atoms with Gasteiger partial charge in [0.05, 0.1) is 13.2 Å². The van der Waals surface area contributed by atoms with Crippen molar-refractivity contribution in [2.24, 2.45) is 0 Å². The number of carbonyl (C=O) groups is 1. The molecule has 0 heterocycles. The molecule has 72 valence electrons. The Morgan fingerprint density at radius 3 is 1.83 bits per heavy atom. The van der Waals surface area contributed by atoms with Gasteiger partial charge < -0.3 is 19.0 Å². The van der Waals surface area contributed by atoms with Crippen molar-refractivity contribution in [1.29, 1.82) is 0 Å². The summed E-state index contributed by atoms with van der Waals surface area (Å²) in [4.78, 5) is 17.7. The molecular weight excluding hydrogens is 182 g/mol.